The molecule has 1 aliphatic carbocycles. The van der Waals surface area contributed by atoms with Gasteiger partial charge in [0.1, 0.15) is 0 Å². The highest BCUT2D eigenvalue weighted by atomic mass is 16.5. The van der Waals surface area contributed by atoms with E-state index in [4.69, 9.17) is 4.42 Å². The maximum Gasteiger partial charge on any atom is 0.407 e. The zero-order valence-electron chi connectivity index (χ0n) is 11.1. The van der Waals surface area contributed by atoms with Crippen molar-refractivity contribution in [2.75, 3.05) is 0 Å². The standard InChI is InChI=1S/C14H16O4/c1-7-8(2)12-10(9(3)11(7)15)5-6-14(4,18-12)13(16)17/h5-6H2,1-4H3/p+1. The number of ketones is 2. The maximum absolute atomic E-state index is 12.0. The zero-order chi connectivity index (χ0) is 13.7. The number of carbonyl (C=O) groups is 2. The summed E-state index contributed by atoms with van der Waals surface area (Å²) in [5, 5.41) is 9.22. The Kier molecular flexibility index (Phi) is 2.76. The van der Waals surface area contributed by atoms with E-state index in [1.54, 1.807) is 20.8 Å². The van der Waals surface area contributed by atoms with Crippen molar-refractivity contribution in [3.63, 3.8) is 0 Å². The molecule has 0 saturated heterocycles. The highest BCUT2D eigenvalue weighted by Crippen LogP contribution is 2.34. The molecule has 0 fully saturated rings. The van der Waals surface area contributed by atoms with Crippen molar-refractivity contribution in [3.05, 3.63) is 22.3 Å². The van der Waals surface area contributed by atoms with Crippen LogP contribution < -0.4 is 0 Å². The van der Waals surface area contributed by atoms with E-state index in [1.807, 2.05) is 6.92 Å². The SMILES string of the molecule is CC1=C(C)C2=[O+]C(C)(C(=O)O)CCC2=C(C)C1=O. The fourth-order valence-corrected chi connectivity index (χ4v) is 2.39. The smallest absolute Gasteiger partial charge is 0.407 e. The first-order chi connectivity index (χ1) is 8.28. The van der Waals surface area contributed by atoms with E-state index in [0.717, 1.165) is 11.1 Å². The van der Waals surface area contributed by atoms with Crippen molar-refractivity contribution in [1.29, 1.82) is 0 Å². The van der Waals surface area contributed by atoms with E-state index in [1.165, 1.54) is 0 Å². The molecule has 0 spiro atoms. The summed E-state index contributed by atoms with van der Waals surface area (Å²) in [5.41, 5.74) is 1.75. The van der Waals surface area contributed by atoms with Crippen LogP contribution >= 0.6 is 0 Å². The monoisotopic (exact) mass is 249 g/mol. The fourth-order valence-electron chi connectivity index (χ4n) is 2.39. The Morgan fingerprint density at radius 1 is 1.22 bits per heavy atom. The molecule has 0 amide bonds. The van der Waals surface area contributed by atoms with Gasteiger partial charge in [0.25, 0.3) is 0 Å². The summed E-state index contributed by atoms with van der Waals surface area (Å²) in [6, 6.07) is 0. The summed E-state index contributed by atoms with van der Waals surface area (Å²) in [4.78, 5) is 23.2. The molecule has 4 nitrogen and oxygen atoms in total. The van der Waals surface area contributed by atoms with E-state index in [2.05, 4.69) is 0 Å². The molecule has 4 heteroatoms. The van der Waals surface area contributed by atoms with Gasteiger partial charge >= 0.3 is 17.4 Å². The van der Waals surface area contributed by atoms with E-state index < -0.39 is 11.6 Å². The summed E-state index contributed by atoms with van der Waals surface area (Å²) in [6.45, 7) is 6.91. The van der Waals surface area contributed by atoms with Crippen LogP contribution in [0.25, 0.3) is 0 Å². The van der Waals surface area contributed by atoms with Crippen molar-refractivity contribution in [3.8, 4) is 0 Å². The predicted molar refractivity (Wildman–Crippen MR) is 66.4 cm³/mol. The second kappa shape index (κ2) is 3.90. The van der Waals surface area contributed by atoms with Crippen LogP contribution in [-0.4, -0.2) is 28.2 Å². The Labute approximate surface area is 106 Å². The summed E-state index contributed by atoms with van der Waals surface area (Å²) >= 11 is 0. The number of hydrogen-bond acceptors (Lipinski definition) is 2. The van der Waals surface area contributed by atoms with Gasteiger partial charge in [0.15, 0.2) is 5.78 Å². The number of aliphatic carboxylic acids is 1. The lowest BCUT2D eigenvalue weighted by Gasteiger charge is -2.22. The van der Waals surface area contributed by atoms with Crippen LogP contribution in [0.15, 0.2) is 22.3 Å². The number of fused-ring (bicyclic) bond motifs is 1. The molecule has 2 rings (SSSR count). The van der Waals surface area contributed by atoms with Crippen LogP contribution in [0.4, 0.5) is 0 Å². The number of carbonyl (C=O) groups excluding carboxylic acids is 2. The number of carboxylic acids is 1. The minimum absolute atomic E-state index is 0.0359. The Bertz CT molecular complexity index is 548. The van der Waals surface area contributed by atoms with Gasteiger partial charge in [0.05, 0.1) is 17.6 Å². The molecule has 1 atom stereocenters. The molecule has 0 radical (unpaired) electrons. The van der Waals surface area contributed by atoms with Crippen molar-refractivity contribution in [1.82, 2.24) is 0 Å². The van der Waals surface area contributed by atoms with Crippen LogP contribution in [0, 0.1) is 0 Å². The molecule has 18 heavy (non-hydrogen) atoms. The van der Waals surface area contributed by atoms with Gasteiger partial charge < -0.3 is 5.11 Å². The molecule has 1 N–H and O–H groups in total. The van der Waals surface area contributed by atoms with Crippen molar-refractivity contribution in [2.24, 2.45) is 0 Å². The maximum atomic E-state index is 12.0. The molecule has 1 aliphatic heterocycles. The van der Waals surface area contributed by atoms with Gasteiger partial charge in [0, 0.05) is 18.1 Å². The predicted octanol–water partition coefficient (Wildman–Crippen LogP) is 1.96. The van der Waals surface area contributed by atoms with Crippen molar-refractivity contribution in [2.45, 2.75) is 46.1 Å². The summed E-state index contributed by atoms with van der Waals surface area (Å²) < 4.78 is 5.69. The highest BCUT2D eigenvalue weighted by molar-refractivity contribution is 6.25. The Balaban J connectivity index is 2.63. The largest absolute Gasteiger partial charge is 0.474 e. The van der Waals surface area contributed by atoms with Crippen LogP contribution in [0.2, 0.25) is 0 Å². The Morgan fingerprint density at radius 3 is 2.39 bits per heavy atom. The van der Waals surface area contributed by atoms with Crippen LogP contribution in [0.1, 0.15) is 40.5 Å². The molecular formula is C14H17O4+. The van der Waals surface area contributed by atoms with E-state index in [-0.39, 0.29) is 5.78 Å². The molecule has 1 unspecified atom stereocenters. The average molecular weight is 249 g/mol. The average Bonchev–Trinajstić information content (AvgIpc) is 2.33. The number of Topliss-reactive ketones (excluding diaryl/α,β-unsaturated/α-hetero) is 1. The van der Waals surface area contributed by atoms with Gasteiger partial charge in [-0.3, -0.25) is 4.79 Å². The lowest BCUT2D eigenvalue weighted by molar-refractivity contribution is -0.537. The minimum atomic E-state index is -1.19. The van der Waals surface area contributed by atoms with E-state index in [0.29, 0.717) is 29.8 Å². The third-order valence-electron chi connectivity index (χ3n) is 3.94. The number of hydrogen-bond donors (Lipinski definition) is 1. The van der Waals surface area contributed by atoms with Gasteiger partial charge in [-0.2, -0.15) is 0 Å². The van der Waals surface area contributed by atoms with Gasteiger partial charge in [-0.05, 0) is 27.2 Å². The first-order valence-electron chi connectivity index (χ1n) is 6.00. The number of rotatable bonds is 1. The van der Waals surface area contributed by atoms with Gasteiger partial charge in [0.2, 0.25) is 0 Å². The second-order valence-corrected chi connectivity index (χ2v) is 5.15. The molecule has 1 heterocycles. The molecule has 96 valence electrons. The molecule has 0 bridgehead atoms. The lowest BCUT2D eigenvalue weighted by Crippen LogP contribution is -2.42. The third-order valence-corrected chi connectivity index (χ3v) is 3.94. The third kappa shape index (κ3) is 1.64. The summed E-state index contributed by atoms with van der Waals surface area (Å²) in [7, 11) is 0. The fraction of sp³-hybridized carbons (Fsp3) is 0.500. The Hall–Kier alpha value is -1.71. The van der Waals surface area contributed by atoms with Gasteiger partial charge in [-0.1, -0.05) is 0 Å². The lowest BCUT2D eigenvalue weighted by atomic mass is 9.80. The molecule has 0 aromatic carbocycles. The Morgan fingerprint density at radius 2 is 1.83 bits per heavy atom. The second-order valence-electron chi connectivity index (χ2n) is 5.15. The van der Waals surface area contributed by atoms with Gasteiger partial charge in [-0.15, -0.1) is 0 Å². The molecule has 0 aromatic rings. The zero-order valence-corrected chi connectivity index (χ0v) is 11.1. The summed E-state index contributed by atoms with van der Waals surface area (Å²) in [5.74, 6) is -0.344. The molecule has 2 aliphatic rings. The number of allylic oxidation sites excluding steroid dienone is 4. The van der Waals surface area contributed by atoms with Gasteiger partial charge in [-0.25, -0.2) is 9.22 Å². The van der Waals surface area contributed by atoms with E-state index >= 15 is 0 Å². The van der Waals surface area contributed by atoms with Crippen LogP contribution in [0.5, 0.6) is 0 Å². The molecule has 0 aromatic heterocycles. The first kappa shape index (κ1) is 12.7. The first-order valence-corrected chi connectivity index (χ1v) is 6.00. The van der Waals surface area contributed by atoms with Crippen LogP contribution in [-0.2, 0) is 14.0 Å². The molecule has 0 saturated carbocycles. The highest BCUT2D eigenvalue weighted by Gasteiger charge is 2.51. The van der Waals surface area contributed by atoms with Crippen LogP contribution in [0.3, 0.4) is 0 Å². The topological polar surface area (TPSA) is 65.7 Å². The number of carboxylic acid groups (broad SMARTS) is 1. The minimum Gasteiger partial charge on any atom is -0.474 e. The van der Waals surface area contributed by atoms with E-state index in [9.17, 15) is 14.7 Å². The summed E-state index contributed by atoms with van der Waals surface area (Å²) in [6.07, 6.45) is 0.957. The molecular weight excluding hydrogens is 232 g/mol. The quantitative estimate of drug-likeness (QED) is 0.570. The van der Waals surface area contributed by atoms with Crippen molar-refractivity contribution >= 4 is 17.5 Å². The van der Waals surface area contributed by atoms with Crippen molar-refractivity contribution < 1.29 is 19.1 Å². The normalized spacial score (nSPS) is 28.2.